The first kappa shape index (κ1) is 21.4. The zero-order valence-electron chi connectivity index (χ0n) is 18.2. The molecule has 9 heteroatoms. The molecule has 2 saturated heterocycles. The van der Waals surface area contributed by atoms with Crippen LogP contribution in [0.3, 0.4) is 0 Å². The number of aliphatic hydroxyl groups excluding tert-OH is 1. The minimum Gasteiger partial charge on any atom is -0.491 e. The van der Waals surface area contributed by atoms with Crippen molar-refractivity contribution in [2.75, 3.05) is 40.3 Å². The van der Waals surface area contributed by atoms with Crippen LogP contribution in [-0.4, -0.2) is 101 Å². The van der Waals surface area contributed by atoms with Gasteiger partial charge in [0.25, 0.3) is 5.91 Å². The molecule has 0 spiro atoms. The fraction of sp³-hybridized carbons (Fsp3) is 0.591. The van der Waals surface area contributed by atoms with Crippen molar-refractivity contribution in [3.8, 4) is 5.75 Å². The monoisotopic (exact) mass is 429 g/mol. The third kappa shape index (κ3) is 4.32. The van der Waals surface area contributed by atoms with Crippen LogP contribution in [0, 0.1) is 0 Å². The van der Waals surface area contributed by atoms with Gasteiger partial charge >= 0.3 is 6.03 Å². The summed E-state index contributed by atoms with van der Waals surface area (Å²) in [7, 11) is 3.17. The Balaban J connectivity index is 1.54. The van der Waals surface area contributed by atoms with E-state index in [2.05, 4.69) is 4.90 Å². The number of fused-ring (bicyclic) bond motifs is 1. The fourth-order valence-electron chi connectivity index (χ4n) is 4.47. The number of hydrogen-bond acceptors (Lipinski definition) is 7. The molecule has 168 valence electrons. The molecule has 31 heavy (non-hydrogen) atoms. The molecule has 0 radical (unpaired) electrons. The van der Waals surface area contributed by atoms with E-state index in [0.29, 0.717) is 11.7 Å². The first-order valence-corrected chi connectivity index (χ1v) is 11.0. The van der Waals surface area contributed by atoms with E-state index in [1.165, 1.54) is 24.8 Å². The summed E-state index contributed by atoms with van der Waals surface area (Å²) in [4.78, 5) is 37.1. The molecule has 0 bridgehead atoms. The van der Waals surface area contributed by atoms with Gasteiger partial charge in [-0.05, 0) is 25.0 Å². The van der Waals surface area contributed by atoms with Crippen LogP contribution in [0.1, 0.15) is 25.7 Å². The molecule has 1 aromatic carbocycles. The normalized spacial score (nSPS) is 25.3. The van der Waals surface area contributed by atoms with Crippen molar-refractivity contribution in [1.29, 1.82) is 0 Å². The van der Waals surface area contributed by atoms with Crippen LogP contribution in [0.2, 0.25) is 0 Å². The summed E-state index contributed by atoms with van der Waals surface area (Å²) in [6.07, 6.45) is 3.05. The van der Waals surface area contributed by atoms with Gasteiger partial charge in [-0.3, -0.25) is 9.69 Å². The van der Waals surface area contributed by atoms with Crippen LogP contribution in [0.5, 0.6) is 5.75 Å². The van der Waals surface area contributed by atoms with Crippen molar-refractivity contribution in [3.05, 3.63) is 30.3 Å². The fourth-order valence-corrected chi connectivity index (χ4v) is 4.47. The summed E-state index contributed by atoms with van der Waals surface area (Å²) in [6, 6.07) is 8.32. The number of para-hydroxylation sites is 1. The summed E-state index contributed by atoms with van der Waals surface area (Å²) >= 11 is 0. The zero-order valence-corrected chi connectivity index (χ0v) is 18.2. The lowest BCUT2D eigenvalue weighted by Gasteiger charge is -2.41. The molecule has 3 aliphatic rings. The number of amides is 3. The Morgan fingerprint density at radius 1 is 1.10 bits per heavy atom. The Labute approximate surface area is 182 Å². The van der Waals surface area contributed by atoms with E-state index in [0.717, 1.165) is 30.8 Å². The Hall–Kier alpha value is -2.81. The number of β-amino-alcohol motifs (C(OH)–C–C–N with tert-alkyl or cyclic N) is 1. The van der Waals surface area contributed by atoms with Crippen molar-refractivity contribution >= 4 is 17.9 Å². The minimum atomic E-state index is -0.822. The Kier molecular flexibility index (Phi) is 6.31. The maximum atomic E-state index is 13.1. The highest BCUT2D eigenvalue weighted by Gasteiger charge is 2.52. The smallest absolute Gasteiger partial charge is 0.328 e. The number of imide groups is 1. The molecular weight excluding hydrogens is 398 g/mol. The van der Waals surface area contributed by atoms with Crippen molar-refractivity contribution in [1.82, 2.24) is 19.6 Å². The SMILES string of the molecule is CN1C(=O)C2C(N=C(N3CCCCCC3)N2CC(O)COc2ccccc2)N(C)C1=O. The van der Waals surface area contributed by atoms with E-state index in [-0.39, 0.29) is 25.1 Å². The first-order chi connectivity index (χ1) is 15.0. The molecule has 3 amide bonds. The average molecular weight is 430 g/mol. The lowest BCUT2D eigenvalue weighted by molar-refractivity contribution is -0.136. The maximum Gasteiger partial charge on any atom is 0.328 e. The van der Waals surface area contributed by atoms with Crippen LogP contribution >= 0.6 is 0 Å². The van der Waals surface area contributed by atoms with E-state index in [4.69, 9.17) is 9.73 Å². The number of hydrogen-bond donors (Lipinski definition) is 1. The Morgan fingerprint density at radius 2 is 1.77 bits per heavy atom. The summed E-state index contributed by atoms with van der Waals surface area (Å²) < 4.78 is 5.71. The van der Waals surface area contributed by atoms with Gasteiger partial charge in [0.2, 0.25) is 0 Å². The van der Waals surface area contributed by atoms with Crippen LogP contribution in [-0.2, 0) is 4.79 Å². The zero-order chi connectivity index (χ0) is 22.0. The topological polar surface area (TPSA) is 88.9 Å². The molecular formula is C22H31N5O4. The van der Waals surface area contributed by atoms with Crippen LogP contribution in [0.25, 0.3) is 0 Å². The number of likely N-dealkylation sites (N-methyl/N-ethyl adjacent to an activating group) is 2. The van der Waals surface area contributed by atoms with Crippen molar-refractivity contribution in [2.45, 2.75) is 44.0 Å². The largest absolute Gasteiger partial charge is 0.491 e. The number of urea groups is 1. The molecule has 4 rings (SSSR count). The lowest BCUT2D eigenvalue weighted by Crippen LogP contribution is -2.65. The van der Waals surface area contributed by atoms with Crippen molar-refractivity contribution < 1.29 is 19.4 Å². The van der Waals surface area contributed by atoms with Gasteiger partial charge < -0.3 is 24.5 Å². The summed E-state index contributed by atoms with van der Waals surface area (Å²) in [6.45, 7) is 2.01. The van der Waals surface area contributed by atoms with Gasteiger partial charge in [-0.15, -0.1) is 0 Å². The van der Waals surface area contributed by atoms with E-state index in [1.807, 2.05) is 35.2 Å². The molecule has 0 aliphatic carbocycles. The molecule has 3 heterocycles. The summed E-state index contributed by atoms with van der Waals surface area (Å²) in [5, 5.41) is 10.8. The molecule has 0 saturated carbocycles. The number of benzene rings is 1. The molecule has 0 aromatic heterocycles. The van der Waals surface area contributed by atoms with Gasteiger partial charge in [0.1, 0.15) is 18.5 Å². The highest BCUT2D eigenvalue weighted by molar-refractivity contribution is 6.03. The molecule has 1 aromatic rings. The lowest BCUT2D eigenvalue weighted by atomic mass is 10.1. The molecule has 2 fully saturated rings. The number of carbonyl (C=O) groups excluding carboxylic acids is 2. The van der Waals surface area contributed by atoms with E-state index in [9.17, 15) is 14.7 Å². The van der Waals surface area contributed by atoms with Gasteiger partial charge in [0.15, 0.2) is 18.2 Å². The number of ether oxygens (including phenoxy) is 1. The number of likely N-dealkylation sites (tertiary alicyclic amines) is 1. The number of guanidine groups is 1. The minimum absolute atomic E-state index is 0.101. The third-order valence-corrected chi connectivity index (χ3v) is 6.17. The highest BCUT2D eigenvalue weighted by atomic mass is 16.5. The average Bonchev–Trinajstić information content (AvgIpc) is 2.96. The molecule has 3 unspecified atom stereocenters. The quantitative estimate of drug-likeness (QED) is 0.757. The van der Waals surface area contributed by atoms with Gasteiger partial charge in [-0.2, -0.15) is 0 Å². The van der Waals surface area contributed by atoms with E-state index >= 15 is 0 Å². The van der Waals surface area contributed by atoms with Crippen LogP contribution in [0.4, 0.5) is 4.79 Å². The number of rotatable bonds is 5. The second kappa shape index (κ2) is 9.13. The van der Waals surface area contributed by atoms with Crippen molar-refractivity contribution in [2.24, 2.45) is 4.99 Å². The van der Waals surface area contributed by atoms with Gasteiger partial charge in [0.05, 0.1) is 6.54 Å². The Morgan fingerprint density at radius 3 is 2.45 bits per heavy atom. The van der Waals surface area contributed by atoms with E-state index in [1.54, 1.807) is 7.05 Å². The second-order valence-electron chi connectivity index (χ2n) is 8.41. The number of carbonyl (C=O) groups is 2. The summed E-state index contributed by atoms with van der Waals surface area (Å²) in [5.41, 5.74) is 0. The predicted octanol–water partition coefficient (Wildman–Crippen LogP) is 1.19. The molecule has 1 N–H and O–H groups in total. The highest BCUT2D eigenvalue weighted by Crippen LogP contribution is 2.29. The van der Waals surface area contributed by atoms with Gasteiger partial charge in [-0.25, -0.2) is 9.79 Å². The number of aliphatic imine (C=N–C) groups is 1. The Bertz CT molecular complexity index is 824. The number of nitrogens with zero attached hydrogens (tertiary/aromatic N) is 5. The van der Waals surface area contributed by atoms with Gasteiger partial charge in [0, 0.05) is 27.2 Å². The molecule has 9 nitrogen and oxygen atoms in total. The van der Waals surface area contributed by atoms with Crippen LogP contribution < -0.4 is 4.74 Å². The number of aliphatic hydroxyl groups is 1. The predicted molar refractivity (Wildman–Crippen MR) is 116 cm³/mol. The van der Waals surface area contributed by atoms with Gasteiger partial charge in [-0.1, -0.05) is 31.0 Å². The molecule has 3 atom stereocenters. The second-order valence-corrected chi connectivity index (χ2v) is 8.41. The molecule has 3 aliphatic heterocycles. The van der Waals surface area contributed by atoms with E-state index < -0.39 is 18.3 Å². The first-order valence-electron chi connectivity index (χ1n) is 11.0. The third-order valence-electron chi connectivity index (χ3n) is 6.17. The van der Waals surface area contributed by atoms with Crippen molar-refractivity contribution in [3.63, 3.8) is 0 Å². The van der Waals surface area contributed by atoms with Crippen LogP contribution in [0.15, 0.2) is 35.3 Å². The maximum absolute atomic E-state index is 13.1. The summed E-state index contributed by atoms with van der Waals surface area (Å²) in [5.74, 6) is 1.08. The standard InChI is InChI=1S/C22H31N5O4/c1-24-19-18(20(29)25(2)22(24)30)27(21(23-19)26-12-8-3-4-9-13-26)14-16(28)15-31-17-10-6-5-7-11-17/h5-7,10-11,16,18-19,28H,3-4,8-9,12-15H2,1-2H3.